The van der Waals surface area contributed by atoms with E-state index < -0.39 is 22.7 Å². The molecule has 5 rings (SSSR count). The number of likely N-dealkylation sites (tertiary alicyclic amines) is 1. The smallest absolute Gasteiger partial charge is 0.328 e. The van der Waals surface area contributed by atoms with Crippen molar-refractivity contribution in [2.45, 2.75) is 41.2 Å². The lowest BCUT2D eigenvalue weighted by Crippen LogP contribution is -3.13. The van der Waals surface area contributed by atoms with E-state index in [-0.39, 0.29) is 27.3 Å². The van der Waals surface area contributed by atoms with E-state index in [0.717, 1.165) is 56.6 Å². The summed E-state index contributed by atoms with van der Waals surface area (Å²) in [6.07, 6.45) is 10.8. The highest BCUT2D eigenvalue weighted by Crippen LogP contribution is 2.41. The third-order valence-corrected chi connectivity index (χ3v) is 12.0. The van der Waals surface area contributed by atoms with Crippen LogP contribution in [-0.2, 0) is 31.6 Å². The lowest BCUT2D eigenvalue weighted by atomic mass is 9.84. The Labute approximate surface area is 282 Å². The highest BCUT2D eigenvalue weighted by atomic mass is 35.5. The van der Waals surface area contributed by atoms with Gasteiger partial charge in [0.2, 0.25) is 0 Å². The Hall–Kier alpha value is -3.24. The van der Waals surface area contributed by atoms with Crippen LogP contribution in [0.25, 0.3) is 0 Å². The first-order chi connectivity index (χ1) is 22.0. The fraction of sp³-hybridized carbons (Fsp3) is 0.400. The van der Waals surface area contributed by atoms with Crippen LogP contribution >= 0.6 is 23.2 Å². The van der Waals surface area contributed by atoms with Crippen LogP contribution in [0.2, 0.25) is 0 Å². The van der Waals surface area contributed by atoms with Crippen molar-refractivity contribution in [2.24, 2.45) is 5.92 Å². The highest BCUT2D eigenvalue weighted by Gasteiger charge is 2.46. The molecule has 4 atom stereocenters. The Morgan fingerprint density at radius 2 is 1.74 bits per heavy atom. The molecule has 2 aromatic carbocycles. The number of aryl methyl sites for hydroxylation is 1. The van der Waals surface area contributed by atoms with Crippen LogP contribution in [0.1, 0.15) is 40.7 Å². The van der Waals surface area contributed by atoms with Gasteiger partial charge in [-0.15, -0.1) is 23.2 Å². The van der Waals surface area contributed by atoms with Crippen LogP contribution in [0.15, 0.2) is 90.6 Å². The van der Waals surface area contributed by atoms with Gasteiger partial charge < -0.3 is 24.8 Å². The lowest BCUT2D eigenvalue weighted by Gasteiger charge is -2.43. The first kappa shape index (κ1) is 35.6. The number of nitrogens with zero attached hydrogens (tertiary/aromatic N) is 1. The first-order valence-corrected chi connectivity index (χ1v) is 17.6. The largest absolute Gasteiger partial charge is 0.545 e. The van der Waals surface area contributed by atoms with E-state index in [1.165, 1.54) is 11.1 Å². The number of allylic oxidation sites excluding steroid dienone is 3. The molecule has 46 heavy (non-hydrogen) atoms. The molecule has 2 N–H and O–H groups in total. The monoisotopic (exact) mass is 686 g/mol. The first-order valence-electron chi connectivity index (χ1n) is 15.4. The number of benzene rings is 2. The summed E-state index contributed by atoms with van der Waals surface area (Å²) in [6, 6.07) is 18.1. The second-order valence-corrected chi connectivity index (χ2v) is 14.8. The van der Waals surface area contributed by atoms with Gasteiger partial charge in [-0.1, -0.05) is 60.7 Å². The number of carboxylic acids is 2. The van der Waals surface area contributed by atoms with Crippen LogP contribution in [-0.4, -0.2) is 81.8 Å². The van der Waals surface area contributed by atoms with Crippen LogP contribution in [0.3, 0.4) is 0 Å². The van der Waals surface area contributed by atoms with Crippen molar-refractivity contribution in [3.05, 3.63) is 107 Å². The van der Waals surface area contributed by atoms with Gasteiger partial charge in [-0.3, -0.25) is 9.00 Å². The predicted molar refractivity (Wildman–Crippen MR) is 179 cm³/mol. The maximum absolute atomic E-state index is 13.3. The fourth-order valence-corrected chi connectivity index (χ4v) is 8.74. The molecule has 0 bridgehead atoms. The molecule has 0 aromatic heterocycles. The summed E-state index contributed by atoms with van der Waals surface area (Å²) in [5.74, 6) is -1.83. The minimum atomic E-state index is -1.51. The van der Waals surface area contributed by atoms with Gasteiger partial charge in [0, 0.05) is 67.0 Å². The molecule has 3 aliphatic rings. The minimum absolute atomic E-state index is 0.0272. The summed E-state index contributed by atoms with van der Waals surface area (Å²) in [4.78, 5) is 35.4. The van der Waals surface area contributed by atoms with E-state index in [4.69, 9.17) is 28.3 Å². The molecule has 11 heteroatoms. The summed E-state index contributed by atoms with van der Waals surface area (Å²) >= 11 is 12.8. The molecular formula is C35H40Cl2N2O6S. The quantitative estimate of drug-likeness (QED) is 0.309. The summed E-state index contributed by atoms with van der Waals surface area (Å²) in [5.41, 5.74) is 4.56. The van der Waals surface area contributed by atoms with Crippen molar-refractivity contribution < 1.29 is 33.7 Å². The third-order valence-electron chi connectivity index (χ3n) is 8.94. The molecule has 2 aromatic rings. The average molecular weight is 688 g/mol. The Balaban J connectivity index is 0.000000533. The van der Waals surface area contributed by atoms with Crippen molar-refractivity contribution in [2.75, 3.05) is 39.0 Å². The van der Waals surface area contributed by atoms with Gasteiger partial charge in [-0.2, -0.15) is 0 Å². The van der Waals surface area contributed by atoms with Crippen LogP contribution in [0.4, 0.5) is 0 Å². The maximum atomic E-state index is 13.3. The number of carbonyl (C=O) groups is 3. The van der Waals surface area contributed by atoms with Gasteiger partial charge in [0.15, 0.2) is 0 Å². The summed E-state index contributed by atoms with van der Waals surface area (Å²) < 4.78 is 13.1. The van der Waals surface area contributed by atoms with Crippen molar-refractivity contribution >= 4 is 51.8 Å². The average Bonchev–Trinajstić information content (AvgIpc) is 3.06. The zero-order valence-corrected chi connectivity index (χ0v) is 28.1. The standard InChI is InChI=1S/C31H36Cl2N2O2S.C4H4O4/c1-34(30(36)24-8-3-2-4-9-24)22-26(25-11-12-28(32)29(33)21-25)13-17-35-18-15-31(16-19-35)27-10-6-5-7-23(27)14-20-38(31)37;5-3(6)1-2-4(7)8/h2-12,21,26,28-29H,13-20,22H2,1H3;1-2H,(H,5,6)(H,7,8)/b;2-1-. The second kappa shape index (κ2) is 16.5. The summed E-state index contributed by atoms with van der Waals surface area (Å²) in [5, 5.41) is 16.8. The number of carbonyl (C=O) groups excluding carboxylic acids is 2. The Bertz CT molecular complexity index is 1490. The van der Waals surface area contributed by atoms with Crippen molar-refractivity contribution in [1.29, 1.82) is 0 Å². The number of piperidine rings is 1. The molecule has 4 unspecified atom stereocenters. The number of carboxylic acid groups (broad SMARTS) is 2. The molecule has 8 nitrogen and oxygen atoms in total. The van der Waals surface area contributed by atoms with Gasteiger partial charge in [0.05, 0.1) is 41.1 Å². The molecule has 2 aliphatic heterocycles. The lowest BCUT2D eigenvalue weighted by molar-refractivity contribution is -0.906. The number of hydrogen-bond donors (Lipinski definition) is 2. The Kier molecular flexibility index (Phi) is 12.8. The third kappa shape index (κ3) is 9.18. The Morgan fingerprint density at radius 1 is 1.07 bits per heavy atom. The van der Waals surface area contributed by atoms with Crippen molar-refractivity contribution in [1.82, 2.24) is 4.90 Å². The predicted octanol–water partition coefficient (Wildman–Crippen LogP) is 2.73. The molecule has 2 heterocycles. The molecule has 1 amide bonds. The molecule has 0 saturated carbocycles. The molecule has 1 spiro atoms. The molecule has 1 fully saturated rings. The number of halogens is 2. The topological polar surface area (TPSA) is 119 Å². The zero-order valence-electron chi connectivity index (χ0n) is 25.8. The summed E-state index contributed by atoms with van der Waals surface area (Å²) in [7, 11) is 1.06. The molecule has 0 radical (unpaired) electrons. The molecule has 1 aliphatic carbocycles. The SMILES string of the molecule is CN(CC(CC[NH+]1CCC2(CC1)c1ccccc1CCS2=O)C1=CC(Cl)C(Cl)C=C1)C(=O)c1ccccc1.O=C([O-])/C=C\C(=O)O. The number of rotatable bonds is 9. The molecular weight excluding hydrogens is 647 g/mol. The van der Waals surface area contributed by atoms with Crippen molar-refractivity contribution in [3.8, 4) is 0 Å². The van der Waals surface area contributed by atoms with Gasteiger partial charge in [0.1, 0.15) is 0 Å². The number of alkyl halides is 2. The van der Waals surface area contributed by atoms with Gasteiger partial charge in [-0.05, 0) is 41.3 Å². The van der Waals surface area contributed by atoms with E-state index in [1.807, 2.05) is 48.4 Å². The summed E-state index contributed by atoms with van der Waals surface area (Å²) in [6.45, 7) is 3.66. The van der Waals surface area contributed by atoms with Crippen LogP contribution < -0.4 is 10.0 Å². The number of amides is 1. The van der Waals surface area contributed by atoms with E-state index in [9.17, 15) is 23.7 Å². The van der Waals surface area contributed by atoms with Crippen LogP contribution in [0.5, 0.6) is 0 Å². The van der Waals surface area contributed by atoms with Gasteiger partial charge >= 0.3 is 5.97 Å². The number of nitrogens with one attached hydrogen (secondary N) is 1. The van der Waals surface area contributed by atoms with E-state index in [0.29, 0.717) is 24.3 Å². The maximum Gasteiger partial charge on any atom is 0.328 e. The fourth-order valence-electron chi connectivity index (χ4n) is 6.47. The van der Waals surface area contributed by atoms with Gasteiger partial charge in [0.25, 0.3) is 5.91 Å². The number of fused-ring (bicyclic) bond motifs is 2. The highest BCUT2D eigenvalue weighted by molar-refractivity contribution is 7.86. The minimum Gasteiger partial charge on any atom is -0.545 e. The number of aliphatic carboxylic acids is 2. The second-order valence-electron chi connectivity index (χ2n) is 11.9. The van der Waals surface area contributed by atoms with E-state index in [1.54, 1.807) is 4.90 Å². The number of hydrogen-bond acceptors (Lipinski definition) is 5. The number of quaternary nitrogens is 1. The van der Waals surface area contributed by atoms with Crippen molar-refractivity contribution in [3.63, 3.8) is 0 Å². The van der Waals surface area contributed by atoms with Gasteiger partial charge in [-0.25, -0.2) is 4.79 Å². The molecule has 1 saturated heterocycles. The molecule has 246 valence electrons. The zero-order chi connectivity index (χ0) is 33.3. The van der Waals surface area contributed by atoms with Crippen LogP contribution in [0, 0.1) is 5.92 Å². The Morgan fingerprint density at radius 3 is 2.37 bits per heavy atom. The van der Waals surface area contributed by atoms with E-state index >= 15 is 0 Å². The van der Waals surface area contributed by atoms with E-state index in [2.05, 4.69) is 36.4 Å². The normalized spacial score (nSPS) is 25.9.